The van der Waals surface area contributed by atoms with Gasteiger partial charge in [0.2, 0.25) is 11.8 Å². The first-order chi connectivity index (χ1) is 13.6. The number of carbonyl (C=O) groups is 2. The van der Waals surface area contributed by atoms with Crippen molar-refractivity contribution in [2.24, 2.45) is 5.92 Å². The summed E-state index contributed by atoms with van der Waals surface area (Å²) in [6, 6.07) is 15.0. The van der Waals surface area contributed by atoms with Gasteiger partial charge in [-0.2, -0.15) is 0 Å². The van der Waals surface area contributed by atoms with E-state index in [-0.39, 0.29) is 24.2 Å². The van der Waals surface area contributed by atoms with Crippen LogP contribution < -0.4 is 14.8 Å². The summed E-state index contributed by atoms with van der Waals surface area (Å²) >= 11 is 0. The molecular formula is C22H26N2O4. The van der Waals surface area contributed by atoms with Crippen LogP contribution in [0.2, 0.25) is 0 Å². The van der Waals surface area contributed by atoms with Gasteiger partial charge in [0.05, 0.1) is 19.6 Å². The van der Waals surface area contributed by atoms with Crippen LogP contribution in [0.15, 0.2) is 48.5 Å². The van der Waals surface area contributed by atoms with Crippen molar-refractivity contribution in [3.8, 4) is 11.5 Å². The molecule has 6 heteroatoms. The predicted octanol–water partition coefficient (Wildman–Crippen LogP) is 3.12. The molecule has 1 saturated heterocycles. The summed E-state index contributed by atoms with van der Waals surface area (Å²) in [5, 5.41) is 2.89. The van der Waals surface area contributed by atoms with Gasteiger partial charge in [-0.15, -0.1) is 0 Å². The molecule has 0 radical (unpaired) electrons. The highest BCUT2D eigenvalue weighted by Crippen LogP contribution is 2.23. The number of carbonyl (C=O) groups excluding carboxylic acids is 2. The molecule has 6 nitrogen and oxygen atoms in total. The summed E-state index contributed by atoms with van der Waals surface area (Å²) < 4.78 is 10.8. The number of hydrogen-bond donors (Lipinski definition) is 1. The Labute approximate surface area is 165 Å². The van der Waals surface area contributed by atoms with E-state index in [9.17, 15) is 9.59 Å². The molecule has 0 aromatic heterocycles. The molecule has 3 rings (SSSR count). The third-order valence-electron chi connectivity index (χ3n) is 4.86. The van der Waals surface area contributed by atoms with E-state index in [1.165, 1.54) is 0 Å². The lowest BCUT2D eigenvalue weighted by molar-refractivity contribution is -0.128. The molecule has 2 aromatic carbocycles. The van der Waals surface area contributed by atoms with Gasteiger partial charge < -0.3 is 19.7 Å². The number of ether oxygens (including phenoxy) is 2. The predicted molar refractivity (Wildman–Crippen MR) is 108 cm³/mol. The SMILES string of the molecule is CCOc1ccc(NC(=O)C2CC(=O)N(CCc3ccccc3OC)C2)cc1. The summed E-state index contributed by atoms with van der Waals surface area (Å²) in [7, 11) is 1.64. The summed E-state index contributed by atoms with van der Waals surface area (Å²) in [6.07, 6.45) is 0.942. The number of nitrogens with one attached hydrogen (secondary N) is 1. The normalized spacial score (nSPS) is 16.1. The zero-order valence-electron chi connectivity index (χ0n) is 16.3. The number of anilines is 1. The standard InChI is InChI=1S/C22H26N2O4/c1-3-28-19-10-8-18(9-11-19)23-22(26)17-14-21(25)24(15-17)13-12-16-6-4-5-7-20(16)27-2/h4-11,17H,3,12-15H2,1-2H3,(H,23,26). The van der Waals surface area contributed by atoms with Crippen LogP contribution in [0, 0.1) is 5.92 Å². The molecular weight excluding hydrogens is 356 g/mol. The van der Waals surface area contributed by atoms with Crippen LogP contribution in [0.5, 0.6) is 11.5 Å². The van der Waals surface area contributed by atoms with Gasteiger partial charge in [-0.25, -0.2) is 0 Å². The molecule has 1 atom stereocenters. The second-order valence-corrected chi connectivity index (χ2v) is 6.75. The molecule has 2 aromatic rings. The maximum atomic E-state index is 12.5. The molecule has 1 unspecified atom stereocenters. The minimum atomic E-state index is -0.336. The number of likely N-dealkylation sites (tertiary alicyclic amines) is 1. The fraction of sp³-hybridized carbons (Fsp3) is 0.364. The fourth-order valence-corrected chi connectivity index (χ4v) is 3.37. The van der Waals surface area contributed by atoms with E-state index in [4.69, 9.17) is 9.47 Å². The molecule has 2 amide bonds. The van der Waals surface area contributed by atoms with E-state index in [1.54, 1.807) is 24.1 Å². The minimum Gasteiger partial charge on any atom is -0.496 e. The van der Waals surface area contributed by atoms with Gasteiger partial charge in [0.1, 0.15) is 11.5 Å². The first-order valence-corrected chi connectivity index (χ1v) is 9.54. The van der Waals surface area contributed by atoms with Crippen LogP contribution in [0.1, 0.15) is 18.9 Å². The molecule has 28 heavy (non-hydrogen) atoms. The Morgan fingerprint density at radius 3 is 2.64 bits per heavy atom. The number of para-hydroxylation sites is 1. The van der Waals surface area contributed by atoms with Gasteiger partial charge in [-0.05, 0) is 49.2 Å². The van der Waals surface area contributed by atoms with Gasteiger partial charge in [-0.1, -0.05) is 18.2 Å². The molecule has 1 N–H and O–H groups in total. The summed E-state index contributed by atoms with van der Waals surface area (Å²) in [5.74, 6) is 1.13. The van der Waals surface area contributed by atoms with E-state index in [0.29, 0.717) is 31.8 Å². The molecule has 0 spiro atoms. The van der Waals surface area contributed by atoms with Crippen molar-refractivity contribution in [3.63, 3.8) is 0 Å². The molecule has 1 aliphatic rings. The maximum Gasteiger partial charge on any atom is 0.229 e. The van der Waals surface area contributed by atoms with E-state index >= 15 is 0 Å². The second-order valence-electron chi connectivity index (χ2n) is 6.75. The van der Waals surface area contributed by atoms with Crippen molar-refractivity contribution in [1.82, 2.24) is 4.90 Å². The zero-order chi connectivity index (χ0) is 19.9. The van der Waals surface area contributed by atoms with Gasteiger partial charge in [0.25, 0.3) is 0 Å². The van der Waals surface area contributed by atoms with Crippen molar-refractivity contribution in [2.75, 3.05) is 32.1 Å². The molecule has 0 bridgehead atoms. The minimum absolute atomic E-state index is 0.0155. The topological polar surface area (TPSA) is 67.9 Å². The van der Waals surface area contributed by atoms with Gasteiger partial charge in [-0.3, -0.25) is 9.59 Å². The summed E-state index contributed by atoms with van der Waals surface area (Å²) in [5.41, 5.74) is 1.76. The fourth-order valence-electron chi connectivity index (χ4n) is 3.37. The number of rotatable bonds is 8. The average Bonchev–Trinajstić information content (AvgIpc) is 3.09. The van der Waals surface area contributed by atoms with Crippen molar-refractivity contribution < 1.29 is 19.1 Å². The average molecular weight is 382 g/mol. The smallest absolute Gasteiger partial charge is 0.229 e. The van der Waals surface area contributed by atoms with Gasteiger partial charge in [0.15, 0.2) is 0 Å². The first-order valence-electron chi connectivity index (χ1n) is 9.54. The maximum absolute atomic E-state index is 12.5. The van der Waals surface area contributed by atoms with Gasteiger partial charge in [0, 0.05) is 25.2 Å². The van der Waals surface area contributed by atoms with Crippen molar-refractivity contribution in [3.05, 3.63) is 54.1 Å². The molecule has 1 heterocycles. The Kier molecular flexibility index (Phi) is 6.53. The molecule has 1 aliphatic heterocycles. The quantitative estimate of drug-likeness (QED) is 0.762. The Balaban J connectivity index is 1.53. The largest absolute Gasteiger partial charge is 0.496 e. The number of nitrogens with zero attached hydrogens (tertiary/aromatic N) is 1. The molecule has 1 fully saturated rings. The number of amides is 2. The Bertz CT molecular complexity index is 820. The van der Waals surface area contributed by atoms with Crippen molar-refractivity contribution in [2.45, 2.75) is 19.8 Å². The van der Waals surface area contributed by atoms with Crippen LogP contribution >= 0.6 is 0 Å². The lowest BCUT2D eigenvalue weighted by Crippen LogP contribution is -2.30. The highest BCUT2D eigenvalue weighted by molar-refractivity contribution is 5.97. The van der Waals surface area contributed by atoms with Crippen molar-refractivity contribution in [1.29, 1.82) is 0 Å². The van der Waals surface area contributed by atoms with E-state index in [1.807, 2.05) is 43.3 Å². The molecule has 148 valence electrons. The first kappa shape index (κ1) is 19.7. The van der Waals surface area contributed by atoms with Crippen LogP contribution in [0.25, 0.3) is 0 Å². The molecule has 0 aliphatic carbocycles. The third-order valence-corrected chi connectivity index (χ3v) is 4.86. The van der Waals surface area contributed by atoms with Crippen LogP contribution in [0.3, 0.4) is 0 Å². The molecule has 0 saturated carbocycles. The monoisotopic (exact) mass is 382 g/mol. The lowest BCUT2D eigenvalue weighted by Gasteiger charge is -2.17. The number of hydrogen-bond acceptors (Lipinski definition) is 4. The lowest BCUT2D eigenvalue weighted by atomic mass is 10.1. The second kappa shape index (κ2) is 9.26. The van der Waals surface area contributed by atoms with E-state index < -0.39 is 0 Å². The van der Waals surface area contributed by atoms with E-state index in [2.05, 4.69) is 5.32 Å². The van der Waals surface area contributed by atoms with Gasteiger partial charge >= 0.3 is 0 Å². The number of benzene rings is 2. The Morgan fingerprint density at radius 2 is 1.93 bits per heavy atom. The Hall–Kier alpha value is -3.02. The Morgan fingerprint density at radius 1 is 1.18 bits per heavy atom. The summed E-state index contributed by atoms with van der Waals surface area (Å²) in [4.78, 5) is 26.6. The van der Waals surface area contributed by atoms with Crippen molar-refractivity contribution >= 4 is 17.5 Å². The third kappa shape index (κ3) is 4.82. The highest BCUT2D eigenvalue weighted by atomic mass is 16.5. The van der Waals surface area contributed by atoms with Crippen LogP contribution in [-0.4, -0.2) is 43.5 Å². The summed E-state index contributed by atoms with van der Waals surface area (Å²) in [6.45, 7) is 3.54. The number of methoxy groups -OCH3 is 1. The van der Waals surface area contributed by atoms with Crippen LogP contribution in [0.4, 0.5) is 5.69 Å². The van der Waals surface area contributed by atoms with Crippen LogP contribution in [-0.2, 0) is 16.0 Å². The zero-order valence-corrected chi connectivity index (χ0v) is 16.3. The highest BCUT2D eigenvalue weighted by Gasteiger charge is 2.34. The van der Waals surface area contributed by atoms with E-state index in [0.717, 1.165) is 17.1 Å².